The Bertz CT molecular complexity index is 962. The Kier molecular flexibility index (Phi) is 5.25. The lowest BCUT2D eigenvalue weighted by Crippen LogP contribution is -2.46. The third-order valence-corrected chi connectivity index (χ3v) is 5.07. The summed E-state index contributed by atoms with van der Waals surface area (Å²) in [5.41, 5.74) is 2.68. The number of anilines is 1. The fourth-order valence-corrected chi connectivity index (χ4v) is 3.61. The van der Waals surface area contributed by atoms with Crippen LogP contribution in [0.1, 0.15) is 28.6 Å². The molecule has 0 bridgehead atoms. The van der Waals surface area contributed by atoms with Gasteiger partial charge in [-0.05, 0) is 25.5 Å². The van der Waals surface area contributed by atoms with E-state index < -0.39 is 5.97 Å². The Morgan fingerprint density at radius 3 is 2.61 bits per heavy atom. The van der Waals surface area contributed by atoms with Crippen molar-refractivity contribution in [1.82, 2.24) is 14.9 Å². The van der Waals surface area contributed by atoms with Gasteiger partial charge in [-0.25, -0.2) is 14.8 Å². The molecule has 28 heavy (non-hydrogen) atoms. The van der Waals surface area contributed by atoms with Gasteiger partial charge in [-0.1, -0.05) is 18.2 Å². The maximum absolute atomic E-state index is 12.5. The minimum absolute atomic E-state index is 0.319. The number of hydrogen-bond acceptors (Lipinski definition) is 7. The predicted octanol–water partition coefficient (Wildman–Crippen LogP) is 3.03. The van der Waals surface area contributed by atoms with Gasteiger partial charge in [0, 0.05) is 56.1 Å². The van der Waals surface area contributed by atoms with Crippen LogP contribution in [0.25, 0.3) is 11.0 Å². The Morgan fingerprint density at radius 1 is 1.14 bits per heavy atom. The average molecular weight is 380 g/mol. The molecular formula is C21H24N4O3. The zero-order valence-electron chi connectivity index (χ0n) is 16.2. The molecule has 2 aromatic heterocycles. The highest BCUT2D eigenvalue weighted by molar-refractivity contribution is 5.97. The van der Waals surface area contributed by atoms with Crippen molar-refractivity contribution in [3.05, 3.63) is 53.5 Å². The van der Waals surface area contributed by atoms with Crippen LogP contribution in [-0.2, 0) is 11.3 Å². The van der Waals surface area contributed by atoms with Gasteiger partial charge in [0.15, 0.2) is 0 Å². The summed E-state index contributed by atoms with van der Waals surface area (Å²) in [6, 6.07) is 7.82. The van der Waals surface area contributed by atoms with E-state index in [1.54, 1.807) is 19.3 Å². The zero-order valence-corrected chi connectivity index (χ0v) is 16.2. The molecule has 0 saturated carbocycles. The van der Waals surface area contributed by atoms with E-state index in [0.717, 1.165) is 54.2 Å². The van der Waals surface area contributed by atoms with E-state index in [0.29, 0.717) is 18.9 Å². The number of piperazine rings is 1. The van der Waals surface area contributed by atoms with E-state index >= 15 is 0 Å². The van der Waals surface area contributed by atoms with Crippen LogP contribution in [0, 0.1) is 6.92 Å². The molecule has 1 fully saturated rings. The molecule has 0 N–H and O–H groups in total. The van der Waals surface area contributed by atoms with Gasteiger partial charge in [-0.15, -0.1) is 0 Å². The third kappa shape index (κ3) is 3.57. The molecule has 1 saturated heterocycles. The Balaban J connectivity index is 1.55. The van der Waals surface area contributed by atoms with Crippen molar-refractivity contribution in [1.29, 1.82) is 0 Å². The van der Waals surface area contributed by atoms with Crippen LogP contribution in [0.3, 0.4) is 0 Å². The highest BCUT2D eigenvalue weighted by Gasteiger charge is 2.26. The molecule has 146 valence electrons. The second kappa shape index (κ2) is 7.98. The van der Waals surface area contributed by atoms with Crippen LogP contribution >= 0.6 is 0 Å². The van der Waals surface area contributed by atoms with Crippen LogP contribution in [0.15, 0.2) is 41.1 Å². The maximum Gasteiger partial charge on any atom is 0.374 e. The molecule has 0 amide bonds. The Hall–Kier alpha value is -2.93. The molecule has 4 rings (SSSR count). The fraction of sp³-hybridized carbons (Fsp3) is 0.381. The smallest absolute Gasteiger partial charge is 0.374 e. The summed E-state index contributed by atoms with van der Waals surface area (Å²) in [5.74, 6) is 0.683. The van der Waals surface area contributed by atoms with Gasteiger partial charge in [0.05, 0.1) is 6.61 Å². The molecular weight excluding hydrogens is 356 g/mol. The lowest BCUT2D eigenvalue weighted by atomic mass is 10.1. The number of carbonyl (C=O) groups excluding carboxylic acids is 1. The molecule has 3 aromatic rings. The van der Waals surface area contributed by atoms with Crippen molar-refractivity contribution in [3.8, 4) is 0 Å². The number of rotatable bonds is 5. The molecule has 0 aliphatic carbocycles. The highest BCUT2D eigenvalue weighted by atomic mass is 16.5. The minimum atomic E-state index is -0.399. The first-order chi connectivity index (χ1) is 13.7. The van der Waals surface area contributed by atoms with Crippen molar-refractivity contribution in [3.63, 3.8) is 0 Å². The van der Waals surface area contributed by atoms with Crippen molar-refractivity contribution >= 4 is 22.9 Å². The lowest BCUT2D eigenvalue weighted by Gasteiger charge is -2.34. The van der Waals surface area contributed by atoms with Gasteiger partial charge in [0.25, 0.3) is 0 Å². The summed E-state index contributed by atoms with van der Waals surface area (Å²) in [6.45, 7) is 8.16. The molecule has 7 nitrogen and oxygen atoms in total. The number of aromatic nitrogens is 2. The highest BCUT2D eigenvalue weighted by Crippen LogP contribution is 2.30. The largest absolute Gasteiger partial charge is 0.460 e. The number of nitrogens with zero attached hydrogens (tertiary/aromatic N) is 4. The Morgan fingerprint density at radius 2 is 1.89 bits per heavy atom. The van der Waals surface area contributed by atoms with E-state index in [-0.39, 0.29) is 0 Å². The van der Waals surface area contributed by atoms with Gasteiger partial charge in [-0.2, -0.15) is 0 Å². The van der Waals surface area contributed by atoms with Gasteiger partial charge in [0.1, 0.15) is 5.58 Å². The molecule has 1 aliphatic rings. The van der Waals surface area contributed by atoms with Crippen molar-refractivity contribution in [2.45, 2.75) is 20.4 Å². The average Bonchev–Trinajstić information content (AvgIpc) is 3.09. The number of fused-ring (bicyclic) bond motifs is 1. The number of hydrogen-bond donors (Lipinski definition) is 0. The van der Waals surface area contributed by atoms with Crippen LogP contribution in [0.5, 0.6) is 0 Å². The molecule has 0 unspecified atom stereocenters. The zero-order chi connectivity index (χ0) is 19.5. The van der Waals surface area contributed by atoms with Gasteiger partial charge >= 0.3 is 5.97 Å². The fourth-order valence-electron chi connectivity index (χ4n) is 3.61. The standard InChI is InChI=1S/C21H24N4O3/c1-3-27-20(26)19-17(16-7-4-6-15(2)18(16)28-19)14-24-10-12-25(13-11-24)21-22-8-5-9-23-21/h4-9H,3,10-14H2,1-2H3. The molecule has 1 aliphatic heterocycles. The summed E-state index contributed by atoms with van der Waals surface area (Å²) in [4.78, 5) is 25.6. The number of benzene rings is 1. The van der Waals surface area contributed by atoms with Crippen LogP contribution in [0.4, 0.5) is 5.95 Å². The summed E-state index contributed by atoms with van der Waals surface area (Å²) >= 11 is 0. The summed E-state index contributed by atoms with van der Waals surface area (Å²) < 4.78 is 11.2. The van der Waals surface area contributed by atoms with E-state index in [1.807, 2.05) is 31.2 Å². The predicted molar refractivity (Wildman–Crippen MR) is 106 cm³/mol. The number of para-hydroxylation sites is 1. The van der Waals surface area contributed by atoms with Gasteiger partial charge in [-0.3, -0.25) is 4.90 Å². The second-order valence-corrected chi connectivity index (χ2v) is 6.89. The van der Waals surface area contributed by atoms with E-state index in [4.69, 9.17) is 9.15 Å². The quantitative estimate of drug-likeness (QED) is 0.630. The van der Waals surface area contributed by atoms with Crippen LogP contribution in [-0.4, -0.2) is 53.6 Å². The molecule has 0 radical (unpaired) electrons. The number of furan rings is 1. The Labute approximate surface area is 163 Å². The first kappa shape index (κ1) is 18.4. The summed E-state index contributed by atoms with van der Waals surface area (Å²) in [7, 11) is 0. The van der Waals surface area contributed by atoms with Crippen LogP contribution in [0.2, 0.25) is 0 Å². The van der Waals surface area contributed by atoms with E-state index in [9.17, 15) is 4.79 Å². The molecule has 0 atom stereocenters. The summed E-state index contributed by atoms with van der Waals surface area (Å²) in [6.07, 6.45) is 3.53. The van der Waals surface area contributed by atoms with Gasteiger partial charge in [0.2, 0.25) is 11.7 Å². The van der Waals surface area contributed by atoms with Crippen LogP contribution < -0.4 is 4.90 Å². The van der Waals surface area contributed by atoms with Gasteiger partial charge < -0.3 is 14.1 Å². The number of carbonyl (C=O) groups is 1. The maximum atomic E-state index is 12.5. The van der Waals surface area contributed by atoms with Crippen molar-refractivity contribution < 1.29 is 13.9 Å². The molecule has 3 heterocycles. The first-order valence-corrected chi connectivity index (χ1v) is 9.59. The normalized spacial score (nSPS) is 15.1. The van der Waals surface area contributed by atoms with E-state index in [1.165, 1.54) is 0 Å². The molecule has 7 heteroatoms. The topological polar surface area (TPSA) is 71.7 Å². The number of esters is 1. The SMILES string of the molecule is CCOC(=O)c1oc2c(C)cccc2c1CN1CCN(c2ncccn2)CC1. The minimum Gasteiger partial charge on any atom is -0.460 e. The third-order valence-electron chi connectivity index (χ3n) is 5.07. The monoisotopic (exact) mass is 380 g/mol. The second-order valence-electron chi connectivity index (χ2n) is 6.89. The van der Waals surface area contributed by atoms with E-state index in [2.05, 4.69) is 19.8 Å². The summed E-state index contributed by atoms with van der Waals surface area (Å²) in [5, 5.41) is 0.983. The lowest BCUT2D eigenvalue weighted by molar-refractivity contribution is 0.0489. The van der Waals surface area contributed by atoms with Crippen molar-refractivity contribution in [2.75, 3.05) is 37.7 Å². The number of aryl methyl sites for hydroxylation is 1. The molecule has 0 spiro atoms. The van der Waals surface area contributed by atoms with Crippen molar-refractivity contribution in [2.24, 2.45) is 0 Å². The molecule has 1 aromatic carbocycles. The first-order valence-electron chi connectivity index (χ1n) is 9.59. The number of ether oxygens (including phenoxy) is 1.